The van der Waals surface area contributed by atoms with Crippen LogP contribution in [-0.4, -0.2) is 46.7 Å². The molecule has 2 aliphatic heterocycles. The van der Waals surface area contributed by atoms with Gasteiger partial charge in [0.25, 0.3) is 0 Å². The van der Waals surface area contributed by atoms with Crippen LogP contribution in [0.4, 0.5) is 0 Å². The fourth-order valence-electron chi connectivity index (χ4n) is 5.16. The van der Waals surface area contributed by atoms with Crippen molar-refractivity contribution in [1.82, 2.24) is 4.90 Å². The van der Waals surface area contributed by atoms with E-state index in [1.165, 1.54) is 56.4 Å². The molecule has 1 aliphatic carbocycles. The van der Waals surface area contributed by atoms with Gasteiger partial charge in [0.05, 0.1) is 12.2 Å². The van der Waals surface area contributed by atoms with Crippen LogP contribution in [0.3, 0.4) is 0 Å². The van der Waals surface area contributed by atoms with Crippen molar-refractivity contribution >= 4 is 23.3 Å². The van der Waals surface area contributed by atoms with E-state index in [-0.39, 0.29) is 5.60 Å². The molecule has 1 saturated heterocycles. The molecule has 7 heteroatoms. The maximum absolute atomic E-state index is 9.10. The second-order valence-electron chi connectivity index (χ2n) is 8.57. The first-order valence-electron chi connectivity index (χ1n) is 11.0. The van der Waals surface area contributed by atoms with Crippen LogP contribution in [0.5, 0.6) is 0 Å². The molecule has 1 spiro atoms. The molecular weight excluding hydrogens is 414 g/mol. The van der Waals surface area contributed by atoms with Crippen molar-refractivity contribution in [3.8, 4) is 0 Å². The van der Waals surface area contributed by atoms with Crippen LogP contribution in [0, 0.1) is 0 Å². The van der Waals surface area contributed by atoms with E-state index in [4.69, 9.17) is 24.5 Å². The van der Waals surface area contributed by atoms with Gasteiger partial charge in [-0.25, -0.2) is 9.59 Å². The van der Waals surface area contributed by atoms with E-state index in [2.05, 4.69) is 40.6 Å². The lowest BCUT2D eigenvalue weighted by Crippen LogP contribution is -2.43. The van der Waals surface area contributed by atoms with Crippen LogP contribution >= 0.6 is 11.3 Å². The summed E-state index contributed by atoms with van der Waals surface area (Å²) in [5.41, 5.74) is 4.55. The average molecular weight is 444 g/mol. The number of likely N-dealkylation sites (tertiary alicyclic amines) is 1. The molecule has 0 bridgehead atoms. The summed E-state index contributed by atoms with van der Waals surface area (Å²) in [6, 6.07) is 11.2. The van der Waals surface area contributed by atoms with E-state index in [0.29, 0.717) is 0 Å². The zero-order chi connectivity index (χ0) is 21.8. The van der Waals surface area contributed by atoms with Gasteiger partial charge in [-0.05, 0) is 79.1 Å². The molecule has 6 nitrogen and oxygen atoms in total. The largest absolute Gasteiger partial charge is 0.473 e. The van der Waals surface area contributed by atoms with Gasteiger partial charge in [0.2, 0.25) is 0 Å². The number of thiophene rings is 1. The zero-order valence-electron chi connectivity index (χ0n) is 17.6. The summed E-state index contributed by atoms with van der Waals surface area (Å²) in [6.45, 7) is 4.41. The lowest BCUT2D eigenvalue weighted by atomic mass is 9.83. The molecule has 1 aromatic carbocycles. The first-order valence-corrected chi connectivity index (χ1v) is 11.8. The Morgan fingerprint density at radius 2 is 1.87 bits per heavy atom. The maximum atomic E-state index is 9.10. The Balaban J connectivity index is 0.000000342. The molecule has 1 atom stereocenters. The molecule has 166 valence electrons. The number of ether oxygens (including phenoxy) is 1. The lowest BCUT2D eigenvalue weighted by molar-refractivity contribution is -0.159. The highest BCUT2D eigenvalue weighted by atomic mass is 32.1. The number of piperidine rings is 1. The summed E-state index contributed by atoms with van der Waals surface area (Å²) in [7, 11) is 0. The normalized spacial score (nSPS) is 21.6. The molecule has 3 aliphatic rings. The molecule has 0 radical (unpaired) electrons. The Morgan fingerprint density at radius 1 is 1.13 bits per heavy atom. The number of hydrogen-bond acceptors (Lipinski definition) is 5. The molecule has 1 unspecified atom stereocenters. The molecule has 2 N–H and O–H groups in total. The van der Waals surface area contributed by atoms with Crippen LogP contribution in [0.2, 0.25) is 0 Å². The molecule has 5 rings (SSSR count). The molecule has 0 saturated carbocycles. The minimum atomic E-state index is -1.82. The fraction of sp³-hybridized carbons (Fsp3) is 0.500. The number of benzene rings is 1. The molecule has 0 amide bonds. The van der Waals surface area contributed by atoms with Crippen molar-refractivity contribution in [2.45, 2.75) is 56.7 Å². The van der Waals surface area contributed by atoms with Crippen LogP contribution < -0.4 is 0 Å². The van der Waals surface area contributed by atoms with Gasteiger partial charge >= 0.3 is 11.9 Å². The number of aliphatic carboxylic acids is 2. The van der Waals surface area contributed by atoms with Gasteiger partial charge in [-0.3, -0.25) is 0 Å². The van der Waals surface area contributed by atoms with Crippen molar-refractivity contribution in [3.63, 3.8) is 0 Å². The monoisotopic (exact) mass is 443 g/mol. The third-order valence-electron chi connectivity index (χ3n) is 6.83. The van der Waals surface area contributed by atoms with Crippen molar-refractivity contribution in [2.75, 3.05) is 19.6 Å². The highest BCUT2D eigenvalue weighted by Crippen LogP contribution is 2.44. The van der Waals surface area contributed by atoms with Gasteiger partial charge < -0.3 is 19.8 Å². The molecular formula is C24H29NO5S. The minimum Gasteiger partial charge on any atom is -0.473 e. The van der Waals surface area contributed by atoms with Crippen LogP contribution in [0.1, 0.15) is 59.6 Å². The van der Waals surface area contributed by atoms with Gasteiger partial charge in [-0.15, -0.1) is 11.3 Å². The number of rotatable bonds is 3. The van der Waals surface area contributed by atoms with E-state index >= 15 is 0 Å². The smallest absolute Gasteiger partial charge is 0.414 e. The fourth-order valence-corrected chi connectivity index (χ4v) is 6.17. The Bertz CT molecular complexity index is 920. The summed E-state index contributed by atoms with van der Waals surface area (Å²) in [5, 5.41) is 17.1. The highest BCUT2D eigenvalue weighted by molar-refractivity contribution is 7.10. The minimum absolute atomic E-state index is 0.0124. The Kier molecular flexibility index (Phi) is 6.74. The third kappa shape index (κ3) is 4.84. The second kappa shape index (κ2) is 9.51. The van der Waals surface area contributed by atoms with Crippen LogP contribution in [0.15, 0.2) is 35.7 Å². The molecule has 1 fully saturated rings. The second-order valence-corrected chi connectivity index (χ2v) is 9.57. The summed E-state index contributed by atoms with van der Waals surface area (Å²) >= 11 is 1.97. The summed E-state index contributed by atoms with van der Waals surface area (Å²) < 4.78 is 6.31. The van der Waals surface area contributed by atoms with E-state index in [0.717, 1.165) is 25.4 Å². The van der Waals surface area contributed by atoms with Crippen molar-refractivity contribution < 1.29 is 24.5 Å². The number of nitrogens with zero attached hydrogens (tertiary/aromatic N) is 1. The Morgan fingerprint density at radius 3 is 2.61 bits per heavy atom. The SMILES string of the molecule is O=C(O)C(=O)O.c1ccc2c(c1)COC21CCN(CCC2CCCc3sccc32)CC1. The average Bonchev–Trinajstić information content (AvgIpc) is 3.40. The number of carboxylic acid groups (broad SMARTS) is 2. The summed E-state index contributed by atoms with van der Waals surface area (Å²) in [6.07, 6.45) is 7.71. The van der Waals surface area contributed by atoms with E-state index in [1.807, 2.05) is 11.3 Å². The van der Waals surface area contributed by atoms with Gasteiger partial charge in [0, 0.05) is 18.0 Å². The van der Waals surface area contributed by atoms with E-state index < -0.39 is 11.9 Å². The molecule has 1 aromatic heterocycles. The van der Waals surface area contributed by atoms with Crippen LogP contribution in [-0.2, 0) is 33.0 Å². The maximum Gasteiger partial charge on any atom is 0.414 e. The van der Waals surface area contributed by atoms with Gasteiger partial charge in [0.15, 0.2) is 0 Å². The number of fused-ring (bicyclic) bond motifs is 3. The van der Waals surface area contributed by atoms with Crippen LogP contribution in [0.25, 0.3) is 0 Å². The first kappa shape index (κ1) is 22.0. The van der Waals surface area contributed by atoms with Crippen molar-refractivity contribution in [2.24, 2.45) is 0 Å². The number of carbonyl (C=O) groups is 2. The van der Waals surface area contributed by atoms with Gasteiger partial charge in [0.1, 0.15) is 0 Å². The third-order valence-corrected chi connectivity index (χ3v) is 7.83. The number of carboxylic acids is 2. The summed E-state index contributed by atoms with van der Waals surface area (Å²) in [4.78, 5) is 22.5. The lowest BCUT2D eigenvalue weighted by Gasteiger charge is -2.39. The highest BCUT2D eigenvalue weighted by Gasteiger charge is 2.42. The predicted molar refractivity (Wildman–Crippen MR) is 118 cm³/mol. The zero-order valence-corrected chi connectivity index (χ0v) is 18.4. The topological polar surface area (TPSA) is 87.1 Å². The number of aryl methyl sites for hydroxylation is 1. The molecule has 2 aromatic rings. The Labute approximate surface area is 186 Å². The predicted octanol–water partition coefficient (Wildman–Crippen LogP) is 4.24. The van der Waals surface area contributed by atoms with Gasteiger partial charge in [-0.1, -0.05) is 24.3 Å². The van der Waals surface area contributed by atoms with E-state index in [1.54, 1.807) is 10.4 Å². The van der Waals surface area contributed by atoms with Gasteiger partial charge in [-0.2, -0.15) is 0 Å². The molecule has 31 heavy (non-hydrogen) atoms. The van der Waals surface area contributed by atoms with E-state index in [9.17, 15) is 0 Å². The molecule has 3 heterocycles. The Hall–Kier alpha value is -2.22. The number of hydrogen-bond donors (Lipinski definition) is 2. The quantitative estimate of drug-likeness (QED) is 0.690. The standard InChI is InChI=1S/C22H27NOS.C2H2O4/c1-2-6-20-18(4-1)16-24-22(20)10-13-23(14-11-22)12-8-17-5-3-7-21-19(17)9-15-25-21;3-1(4)2(5)6/h1-2,4,6,9,15,17H,3,5,7-8,10-14,16H2;(H,3,4)(H,5,6). The summed E-state index contributed by atoms with van der Waals surface area (Å²) in [5.74, 6) is -2.85. The van der Waals surface area contributed by atoms with Crippen molar-refractivity contribution in [3.05, 3.63) is 57.3 Å². The van der Waals surface area contributed by atoms with Crippen molar-refractivity contribution in [1.29, 1.82) is 0 Å². The first-order chi connectivity index (χ1) is 15.0.